The lowest BCUT2D eigenvalue weighted by atomic mass is 10.2. The van der Waals surface area contributed by atoms with Crippen molar-refractivity contribution in [2.24, 2.45) is 0 Å². The monoisotopic (exact) mass is 202 g/mol. The van der Waals surface area contributed by atoms with Gasteiger partial charge in [-0.05, 0) is 24.6 Å². The molecule has 1 aromatic carbocycles. The first-order chi connectivity index (χ1) is 6.77. The fraction of sp³-hybridized carbons (Fsp3) is 0.0833. The van der Waals surface area contributed by atoms with Crippen LogP contribution < -0.4 is 0 Å². The highest BCUT2D eigenvalue weighted by molar-refractivity contribution is 7.17. The third kappa shape index (κ3) is 1.75. The van der Waals surface area contributed by atoms with Crippen LogP contribution in [0, 0.1) is 0 Å². The number of ketones is 1. The minimum Gasteiger partial charge on any atom is -0.294 e. The Kier molecular flexibility index (Phi) is 2.46. The minimum absolute atomic E-state index is 0.136. The van der Waals surface area contributed by atoms with Crippen molar-refractivity contribution in [3.8, 4) is 10.4 Å². The Bertz CT molecular complexity index is 442. The van der Waals surface area contributed by atoms with Gasteiger partial charge in [-0.1, -0.05) is 30.3 Å². The van der Waals surface area contributed by atoms with E-state index in [0.29, 0.717) is 0 Å². The van der Waals surface area contributed by atoms with Crippen molar-refractivity contribution in [2.75, 3.05) is 0 Å². The SMILES string of the molecule is CC(=O)c1ccc(-c2ccccc2)s1. The molecule has 0 fully saturated rings. The van der Waals surface area contributed by atoms with Crippen LogP contribution >= 0.6 is 11.3 Å². The molecular formula is C12H10OS. The maximum absolute atomic E-state index is 11.1. The van der Waals surface area contributed by atoms with Crippen LogP contribution in [-0.4, -0.2) is 5.78 Å². The van der Waals surface area contributed by atoms with E-state index in [-0.39, 0.29) is 5.78 Å². The van der Waals surface area contributed by atoms with Gasteiger partial charge in [0.2, 0.25) is 0 Å². The lowest BCUT2D eigenvalue weighted by Crippen LogP contribution is -1.83. The molecule has 0 aliphatic rings. The van der Waals surface area contributed by atoms with Crippen molar-refractivity contribution in [1.82, 2.24) is 0 Å². The van der Waals surface area contributed by atoms with Crippen molar-refractivity contribution >= 4 is 17.1 Å². The summed E-state index contributed by atoms with van der Waals surface area (Å²) in [6.07, 6.45) is 0. The van der Waals surface area contributed by atoms with Gasteiger partial charge in [0, 0.05) is 4.88 Å². The Hall–Kier alpha value is -1.41. The maximum atomic E-state index is 11.1. The summed E-state index contributed by atoms with van der Waals surface area (Å²) >= 11 is 1.54. The molecule has 1 nitrogen and oxygen atoms in total. The molecule has 0 aliphatic heterocycles. The Balaban J connectivity index is 2.39. The van der Waals surface area contributed by atoms with E-state index in [9.17, 15) is 4.79 Å². The van der Waals surface area contributed by atoms with E-state index in [2.05, 4.69) is 12.1 Å². The molecule has 14 heavy (non-hydrogen) atoms. The lowest BCUT2D eigenvalue weighted by molar-refractivity contribution is 0.102. The zero-order valence-corrected chi connectivity index (χ0v) is 8.67. The summed E-state index contributed by atoms with van der Waals surface area (Å²) in [6.45, 7) is 1.60. The van der Waals surface area contributed by atoms with E-state index in [1.807, 2.05) is 30.3 Å². The topological polar surface area (TPSA) is 17.1 Å². The van der Waals surface area contributed by atoms with Gasteiger partial charge >= 0.3 is 0 Å². The lowest BCUT2D eigenvalue weighted by Gasteiger charge is -1.94. The number of benzene rings is 1. The molecule has 1 heterocycles. The van der Waals surface area contributed by atoms with Gasteiger partial charge in [-0.3, -0.25) is 4.79 Å². The van der Waals surface area contributed by atoms with Gasteiger partial charge in [-0.25, -0.2) is 0 Å². The number of rotatable bonds is 2. The smallest absolute Gasteiger partial charge is 0.169 e. The third-order valence-electron chi connectivity index (χ3n) is 2.01. The summed E-state index contributed by atoms with van der Waals surface area (Å²) in [5, 5.41) is 0. The molecule has 0 amide bonds. The second-order valence-electron chi connectivity index (χ2n) is 3.09. The fourth-order valence-corrected chi connectivity index (χ4v) is 2.19. The summed E-state index contributed by atoms with van der Waals surface area (Å²) in [5.41, 5.74) is 1.17. The van der Waals surface area contributed by atoms with Crippen LogP contribution in [0.2, 0.25) is 0 Å². The number of carbonyl (C=O) groups excluding carboxylic acids is 1. The average Bonchev–Trinajstić information content (AvgIpc) is 2.68. The molecule has 1 aromatic heterocycles. The minimum atomic E-state index is 0.136. The molecule has 0 N–H and O–H groups in total. The molecule has 2 aromatic rings. The summed E-state index contributed by atoms with van der Waals surface area (Å²) in [5.74, 6) is 0.136. The average molecular weight is 202 g/mol. The van der Waals surface area contributed by atoms with Crippen LogP contribution in [0.5, 0.6) is 0 Å². The van der Waals surface area contributed by atoms with E-state index in [1.54, 1.807) is 18.3 Å². The van der Waals surface area contributed by atoms with Gasteiger partial charge in [-0.15, -0.1) is 11.3 Å². The van der Waals surface area contributed by atoms with Crippen LogP contribution in [0.1, 0.15) is 16.6 Å². The molecule has 0 saturated carbocycles. The standard InChI is InChI=1S/C12H10OS/c1-9(13)11-7-8-12(14-11)10-5-3-2-4-6-10/h2-8H,1H3. The summed E-state index contributed by atoms with van der Waals surface area (Å²) < 4.78 is 0. The Morgan fingerprint density at radius 1 is 1.07 bits per heavy atom. The van der Waals surface area contributed by atoms with Crippen molar-refractivity contribution in [1.29, 1.82) is 0 Å². The first-order valence-electron chi connectivity index (χ1n) is 4.43. The number of Topliss-reactive ketones (excluding diaryl/α,β-unsaturated/α-hetero) is 1. The summed E-state index contributed by atoms with van der Waals surface area (Å²) in [6, 6.07) is 14.0. The van der Waals surface area contributed by atoms with Gasteiger partial charge < -0.3 is 0 Å². The van der Waals surface area contributed by atoms with E-state index in [4.69, 9.17) is 0 Å². The molecule has 0 radical (unpaired) electrons. The van der Waals surface area contributed by atoms with E-state index < -0.39 is 0 Å². The zero-order chi connectivity index (χ0) is 9.97. The molecule has 0 spiro atoms. The van der Waals surface area contributed by atoms with Crippen molar-refractivity contribution in [3.63, 3.8) is 0 Å². The van der Waals surface area contributed by atoms with Gasteiger partial charge in [0.25, 0.3) is 0 Å². The zero-order valence-electron chi connectivity index (χ0n) is 7.86. The number of hydrogen-bond donors (Lipinski definition) is 0. The highest BCUT2D eigenvalue weighted by Crippen LogP contribution is 2.27. The summed E-state index contributed by atoms with van der Waals surface area (Å²) in [7, 11) is 0. The maximum Gasteiger partial charge on any atom is 0.169 e. The molecule has 70 valence electrons. The fourth-order valence-electron chi connectivity index (χ4n) is 1.28. The van der Waals surface area contributed by atoms with Crippen LogP contribution in [-0.2, 0) is 0 Å². The van der Waals surface area contributed by atoms with Crippen molar-refractivity contribution in [2.45, 2.75) is 6.92 Å². The van der Waals surface area contributed by atoms with Crippen LogP contribution in [0.15, 0.2) is 42.5 Å². The quantitative estimate of drug-likeness (QED) is 0.680. The highest BCUT2D eigenvalue weighted by Gasteiger charge is 2.04. The van der Waals surface area contributed by atoms with Crippen LogP contribution in [0.4, 0.5) is 0 Å². The predicted octanol–water partition coefficient (Wildman–Crippen LogP) is 3.62. The molecule has 0 unspecified atom stereocenters. The van der Waals surface area contributed by atoms with Gasteiger partial charge in [0.1, 0.15) is 0 Å². The molecule has 0 bridgehead atoms. The molecule has 0 saturated heterocycles. The molecule has 0 aliphatic carbocycles. The second kappa shape index (κ2) is 3.76. The first kappa shape index (κ1) is 9.16. The largest absolute Gasteiger partial charge is 0.294 e. The summed E-state index contributed by atoms with van der Waals surface area (Å²) in [4.78, 5) is 13.1. The van der Waals surface area contributed by atoms with Crippen molar-refractivity contribution in [3.05, 3.63) is 47.3 Å². The molecule has 2 heteroatoms. The highest BCUT2D eigenvalue weighted by atomic mass is 32.1. The third-order valence-corrected chi connectivity index (χ3v) is 3.25. The Morgan fingerprint density at radius 2 is 1.79 bits per heavy atom. The van der Waals surface area contributed by atoms with Gasteiger partial charge in [-0.2, -0.15) is 0 Å². The van der Waals surface area contributed by atoms with E-state index in [0.717, 1.165) is 9.75 Å². The van der Waals surface area contributed by atoms with Gasteiger partial charge in [0.05, 0.1) is 4.88 Å². The Labute approximate surface area is 87.0 Å². The number of hydrogen-bond acceptors (Lipinski definition) is 2. The number of carbonyl (C=O) groups is 1. The van der Waals surface area contributed by atoms with E-state index in [1.165, 1.54) is 5.56 Å². The first-order valence-corrected chi connectivity index (χ1v) is 5.25. The predicted molar refractivity (Wildman–Crippen MR) is 59.8 cm³/mol. The van der Waals surface area contributed by atoms with Crippen molar-refractivity contribution < 1.29 is 4.79 Å². The van der Waals surface area contributed by atoms with Crippen LogP contribution in [0.3, 0.4) is 0 Å². The normalized spacial score (nSPS) is 10.1. The Morgan fingerprint density at radius 3 is 2.36 bits per heavy atom. The van der Waals surface area contributed by atoms with E-state index >= 15 is 0 Å². The second-order valence-corrected chi connectivity index (χ2v) is 4.17. The van der Waals surface area contributed by atoms with Gasteiger partial charge in [0.15, 0.2) is 5.78 Å². The number of thiophene rings is 1. The molecular weight excluding hydrogens is 192 g/mol. The van der Waals surface area contributed by atoms with Crippen LogP contribution in [0.25, 0.3) is 10.4 Å². The molecule has 0 atom stereocenters. The molecule has 2 rings (SSSR count).